The molecule has 0 N–H and O–H groups in total. The molecule has 5 aromatic carbocycles. The van der Waals surface area contributed by atoms with Crippen molar-refractivity contribution in [2.24, 2.45) is 10.8 Å². The molecular weight excluding hydrogens is 861 g/mol. The van der Waals surface area contributed by atoms with E-state index in [9.17, 15) is 0 Å². The first-order valence-corrected chi connectivity index (χ1v) is 19.1. The zero-order chi connectivity index (χ0) is 43.4. The molecule has 0 aliphatic heterocycles. The van der Waals surface area contributed by atoms with Gasteiger partial charge in [0.05, 0.1) is 5.58 Å². The fourth-order valence-corrected chi connectivity index (χ4v) is 7.42. The number of aryl methyl sites for hydroxylation is 1. The minimum Gasteiger partial charge on any atom is -0.501 e. The third-order valence-corrected chi connectivity index (χ3v) is 10.5. The molecule has 285 valence electrons. The van der Waals surface area contributed by atoms with E-state index in [1.807, 2.05) is 39.1 Å². The van der Waals surface area contributed by atoms with Crippen molar-refractivity contribution >= 4 is 32.7 Å². The average molecular weight is 917 g/mol. The Morgan fingerprint density at radius 2 is 1.59 bits per heavy atom. The number of hydrogen-bond acceptors (Lipinski definition) is 3. The molecule has 0 spiro atoms. The maximum absolute atomic E-state index is 9.10. The van der Waals surface area contributed by atoms with Crippen LogP contribution in [0.5, 0.6) is 0 Å². The van der Waals surface area contributed by atoms with E-state index in [1.165, 1.54) is 23.0 Å². The van der Waals surface area contributed by atoms with Gasteiger partial charge in [-0.3, -0.25) is 0 Å². The number of furan rings is 1. The molecular formula is C52H50IrN2O-2. The molecule has 56 heavy (non-hydrogen) atoms. The van der Waals surface area contributed by atoms with E-state index in [0.29, 0.717) is 22.2 Å². The van der Waals surface area contributed by atoms with Crippen molar-refractivity contribution in [2.45, 2.75) is 79.4 Å². The molecule has 4 heteroatoms. The van der Waals surface area contributed by atoms with Gasteiger partial charge in [0.15, 0.2) is 0 Å². The van der Waals surface area contributed by atoms with Crippen LogP contribution in [0, 0.1) is 29.8 Å². The second-order valence-corrected chi connectivity index (χ2v) is 16.5. The first-order chi connectivity index (χ1) is 28.8. The number of nitrogens with zero attached hydrogens (tertiary/aromatic N) is 2. The van der Waals surface area contributed by atoms with E-state index < -0.39 is 24.5 Å². The maximum Gasteiger partial charge on any atom is 0.121 e. The van der Waals surface area contributed by atoms with Gasteiger partial charge in [0, 0.05) is 46.1 Å². The summed E-state index contributed by atoms with van der Waals surface area (Å²) in [6.07, 6.45) is 5.95. The van der Waals surface area contributed by atoms with E-state index in [-0.39, 0.29) is 25.7 Å². The van der Waals surface area contributed by atoms with Gasteiger partial charge in [0.25, 0.3) is 0 Å². The summed E-state index contributed by atoms with van der Waals surface area (Å²) in [4.78, 5) is 9.01. The summed E-state index contributed by atoms with van der Waals surface area (Å²) in [7, 11) is 0. The molecule has 1 fully saturated rings. The van der Waals surface area contributed by atoms with Crippen LogP contribution in [-0.4, -0.2) is 9.97 Å². The topological polar surface area (TPSA) is 38.9 Å². The Balaban J connectivity index is 0.000000208. The predicted molar refractivity (Wildman–Crippen MR) is 230 cm³/mol. The largest absolute Gasteiger partial charge is 0.501 e. The summed E-state index contributed by atoms with van der Waals surface area (Å²) in [6, 6.07) is 43.9. The number of aromatic nitrogens is 2. The van der Waals surface area contributed by atoms with Gasteiger partial charge in [0.1, 0.15) is 5.58 Å². The molecule has 0 unspecified atom stereocenters. The third kappa shape index (κ3) is 8.88. The Kier molecular flexibility index (Phi) is 9.38. The van der Waals surface area contributed by atoms with E-state index in [0.717, 1.165) is 75.6 Å². The van der Waals surface area contributed by atoms with Gasteiger partial charge in [-0.2, -0.15) is 0 Å². The van der Waals surface area contributed by atoms with Gasteiger partial charge in [-0.1, -0.05) is 119 Å². The van der Waals surface area contributed by atoms with Gasteiger partial charge in [0.2, 0.25) is 0 Å². The SMILES string of the molecule is [2H]C([2H])([2H])c1c[c-]c(-c2ccc(C([2H])([2H])C(C)(C)C)cn2)cc1.[2H]C1(c2ccc(-c3ccnc(-c4[c-]ccc5c4oc4cc6ccccc6cc45)c3)cc2)CCC(C)(C)CC1.[Ir]. The number of hydrogen-bond donors (Lipinski definition) is 0. The van der Waals surface area contributed by atoms with Gasteiger partial charge < -0.3 is 14.4 Å². The molecule has 1 aliphatic carbocycles. The molecule has 1 saturated carbocycles. The van der Waals surface area contributed by atoms with Crippen LogP contribution in [0.15, 0.2) is 132 Å². The zero-order valence-corrected chi connectivity index (χ0v) is 35.0. The van der Waals surface area contributed by atoms with Crippen LogP contribution < -0.4 is 0 Å². The standard InChI is InChI=1S/C35H30NO.C17H20N.Ir/c1-35(2)17-14-25(15-18-35)23-10-12-24(13-11-23)28-16-19-36-32(21-28)30-9-5-8-29-31-20-26-6-3-4-7-27(26)22-33(31)37-34(29)30;1-13-5-8-15(9-6-13)16-10-7-14(12-18-16)11-17(2,3)4;/h3-8,10-13,16,19-22,25H,14-15,17-18H2,1-2H3;5-8,10,12H,11H2,1-4H3;/q2*-1;/i25D;1D3,11D2;. The van der Waals surface area contributed by atoms with Crippen LogP contribution in [-0.2, 0) is 26.5 Å². The second kappa shape index (κ2) is 16.3. The Hall–Kier alpha value is -4.89. The van der Waals surface area contributed by atoms with Crippen molar-refractivity contribution in [1.82, 2.24) is 9.97 Å². The summed E-state index contributed by atoms with van der Waals surface area (Å²) in [5.74, 6) is -0.478. The smallest absolute Gasteiger partial charge is 0.121 e. The fraction of sp³-hybridized carbons (Fsp3) is 0.269. The summed E-state index contributed by atoms with van der Waals surface area (Å²) in [6.45, 7) is 8.05. The molecule has 1 aliphatic rings. The van der Waals surface area contributed by atoms with Crippen molar-refractivity contribution in [3.63, 3.8) is 0 Å². The number of benzene rings is 5. The summed E-state index contributed by atoms with van der Waals surface area (Å²) in [5.41, 5.74) is 8.64. The molecule has 0 atom stereocenters. The van der Waals surface area contributed by atoms with Gasteiger partial charge in [-0.25, -0.2) is 0 Å². The summed E-state index contributed by atoms with van der Waals surface area (Å²) < 4.78 is 54.1. The number of pyridine rings is 2. The fourth-order valence-electron chi connectivity index (χ4n) is 7.42. The Morgan fingerprint density at radius 3 is 2.27 bits per heavy atom. The molecule has 3 aromatic heterocycles. The van der Waals surface area contributed by atoms with Crippen molar-refractivity contribution in [3.8, 4) is 33.6 Å². The first-order valence-electron chi connectivity index (χ1n) is 22.1. The number of rotatable bonds is 5. The van der Waals surface area contributed by atoms with E-state index >= 15 is 0 Å². The maximum atomic E-state index is 9.10. The number of fused-ring (bicyclic) bond motifs is 4. The molecule has 0 amide bonds. The Labute approximate surface area is 354 Å². The van der Waals surface area contributed by atoms with Crippen molar-refractivity contribution in [3.05, 3.63) is 156 Å². The van der Waals surface area contributed by atoms with E-state index in [2.05, 4.69) is 104 Å². The Bertz CT molecular complexity index is 2830. The van der Waals surface area contributed by atoms with Crippen LogP contribution in [0.2, 0.25) is 0 Å². The molecule has 0 saturated heterocycles. The van der Waals surface area contributed by atoms with Gasteiger partial charge in [-0.05, 0) is 111 Å². The molecule has 3 nitrogen and oxygen atoms in total. The van der Waals surface area contributed by atoms with E-state index in [4.69, 9.17) is 17.6 Å². The van der Waals surface area contributed by atoms with E-state index in [1.54, 1.807) is 24.3 Å². The third-order valence-electron chi connectivity index (χ3n) is 10.5. The quantitative estimate of drug-likeness (QED) is 0.162. The monoisotopic (exact) mass is 917 g/mol. The van der Waals surface area contributed by atoms with Crippen LogP contribution in [0.3, 0.4) is 0 Å². The van der Waals surface area contributed by atoms with Crippen LogP contribution >= 0.6 is 0 Å². The normalized spacial score (nSPS) is 16.9. The van der Waals surface area contributed by atoms with Crippen molar-refractivity contribution in [1.29, 1.82) is 0 Å². The molecule has 3 heterocycles. The Morgan fingerprint density at radius 1 is 0.821 bits per heavy atom. The second-order valence-electron chi connectivity index (χ2n) is 16.5. The molecule has 8 aromatic rings. The minimum absolute atomic E-state index is 0. The summed E-state index contributed by atoms with van der Waals surface area (Å²) in [5, 5.41) is 4.55. The predicted octanol–water partition coefficient (Wildman–Crippen LogP) is 14.4. The van der Waals surface area contributed by atoms with Crippen LogP contribution in [0.1, 0.15) is 91.1 Å². The summed E-state index contributed by atoms with van der Waals surface area (Å²) >= 11 is 0. The molecule has 0 bridgehead atoms. The average Bonchev–Trinajstić information content (AvgIpc) is 3.61. The van der Waals surface area contributed by atoms with Gasteiger partial charge >= 0.3 is 0 Å². The van der Waals surface area contributed by atoms with Crippen molar-refractivity contribution < 1.29 is 32.7 Å². The van der Waals surface area contributed by atoms with Crippen molar-refractivity contribution in [2.75, 3.05) is 0 Å². The first kappa shape index (κ1) is 32.2. The zero-order valence-electron chi connectivity index (χ0n) is 38.6. The van der Waals surface area contributed by atoms with Gasteiger partial charge in [-0.15, -0.1) is 53.6 Å². The molecule has 9 rings (SSSR count). The van der Waals surface area contributed by atoms with Crippen LogP contribution in [0.25, 0.3) is 66.4 Å². The van der Waals surface area contributed by atoms with Crippen LogP contribution in [0.4, 0.5) is 0 Å². The molecule has 1 radical (unpaired) electrons. The minimum atomic E-state index is -2.14.